The van der Waals surface area contributed by atoms with Gasteiger partial charge in [0.05, 0.1) is 19.1 Å². The van der Waals surface area contributed by atoms with Crippen LogP contribution in [0.15, 0.2) is 0 Å². The van der Waals surface area contributed by atoms with Gasteiger partial charge in [-0.05, 0) is 0 Å². The fourth-order valence-electron chi connectivity index (χ4n) is 2.65. The lowest BCUT2D eigenvalue weighted by molar-refractivity contribution is -0.297. The normalized spacial score (nSPS) is 31.7. The van der Waals surface area contributed by atoms with E-state index in [0.717, 1.165) is 13.8 Å². The van der Waals surface area contributed by atoms with Gasteiger partial charge in [0.25, 0.3) is 5.79 Å². The van der Waals surface area contributed by atoms with Gasteiger partial charge >= 0.3 is 11.9 Å². The lowest BCUT2D eigenvalue weighted by Crippen LogP contribution is -2.68. The number of carbonyl (C=O) groups is 3. The maximum atomic E-state index is 11.5. The largest absolute Gasteiger partial charge is 0.477 e. The van der Waals surface area contributed by atoms with Gasteiger partial charge in [0.2, 0.25) is 5.91 Å². The summed E-state index contributed by atoms with van der Waals surface area (Å²) in [5.41, 5.74) is 0. The molecule has 0 saturated carbocycles. The van der Waals surface area contributed by atoms with Crippen molar-refractivity contribution in [3.63, 3.8) is 0 Å². The van der Waals surface area contributed by atoms with Crippen LogP contribution in [-0.4, -0.2) is 88.2 Å². The zero-order valence-electron chi connectivity index (χ0n) is 14.0. The molecule has 11 heteroatoms. The first kappa shape index (κ1) is 21.3. The Morgan fingerprint density at radius 3 is 2.36 bits per heavy atom. The number of carboxylic acid groups (broad SMARTS) is 1. The molecule has 0 aromatic carbocycles. The minimum atomic E-state index is -2.77. The molecule has 5 N–H and O–H groups in total. The van der Waals surface area contributed by atoms with Gasteiger partial charge in [-0.3, -0.25) is 9.59 Å². The molecular formula is C14H23NO10. The third-order valence-corrected chi connectivity index (χ3v) is 3.79. The van der Waals surface area contributed by atoms with E-state index in [-0.39, 0.29) is 0 Å². The molecule has 1 rings (SSSR count). The summed E-state index contributed by atoms with van der Waals surface area (Å²) in [6, 6.07) is -1.18. The molecule has 144 valence electrons. The molecule has 0 aliphatic carbocycles. The van der Waals surface area contributed by atoms with E-state index in [1.54, 1.807) is 0 Å². The summed E-state index contributed by atoms with van der Waals surface area (Å²) in [6.07, 6.45) is -6.36. The molecule has 0 radical (unpaired) electrons. The number of aliphatic hydroxyl groups excluding tert-OH is 2. The number of carbonyl (C=O) groups excluding carboxylic acids is 2. The molecule has 1 fully saturated rings. The van der Waals surface area contributed by atoms with Crippen molar-refractivity contribution in [2.75, 3.05) is 13.7 Å². The molecule has 0 aromatic rings. The maximum Gasteiger partial charge on any atom is 0.364 e. The van der Waals surface area contributed by atoms with Gasteiger partial charge in [-0.15, -0.1) is 0 Å². The maximum absolute atomic E-state index is 11.5. The van der Waals surface area contributed by atoms with Crippen LogP contribution >= 0.6 is 0 Å². The zero-order valence-corrected chi connectivity index (χ0v) is 14.0. The van der Waals surface area contributed by atoms with Crippen molar-refractivity contribution in [1.29, 1.82) is 0 Å². The van der Waals surface area contributed by atoms with E-state index in [0.29, 0.717) is 0 Å². The molecule has 1 saturated heterocycles. The van der Waals surface area contributed by atoms with Gasteiger partial charge in [0.15, 0.2) is 0 Å². The number of carboxylic acids is 1. The minimum absolute atomic E-state index is 0.568. The third-order valence-electron chi connectivity index (χ3n) is 3.79. The molecule has 3 unspecified atom stereocenters. The lowest BCUT2D eigenvalue weighted by Gasteiger charge is -2.45. The standard InChI is InChI=1S/C14H23NO10/c1-6(17)15-10-8(24-7(2)18)4-14(22,13(20)21)25-12(10)11(19)9(5-16)23-3/h8-12,16,19,22H,4-5H2,1-3H3,(H,15,17)(H,20,21)/t8-,9?,10+,11?,12+,14?/m0/s1. The first-order chi connectivity index (χ1) is 11.6. The fourth-order valence-corrected chi connectivity index (χ4v) is 2.65. The van der Waals surface area contributed by atoms with Gasteiger partial charge in [0.1, 0.15) is 24.4 Å². The number of amides is 1. The fraction of sp³-hybridized carbons (Fsp3) is 0.786. The average Bonchev–Trinajstić information content (AvgIpc) is 2.49. The van der Waals surface area contributed by atoms with E-state index >= 15 is 0 Å². The number of aliphatic hydroxyl groups is 3. The Morgan fingerprint density at radius 2 is 1.96 bits per heavy atom. The Morgan fingerprint density at radius 1 is 1.36 bits per heavy atom. The highest BCUT2D eigenvalue weighted by Gasteiger charge is 2.55. The Labute approximate surface area is 143 Å². The van der Waals surface area contributed by atoms with E-state index in [4.69, 9.17) is 14.2 Å². The predicted octanol–water partition coefficient (Wildman–Crippen LogP) is -2.65. The molecule has 0 spiro atoms. The number of nitrogens with one attached hydrogen (secondary N) is 1. The van der Waals surface area contributed by atoms with Crippen molar-refractivity contribution in [3.05, 3.63) is 0 Å². The Kier molecular flexibility index (Phi) is 7.26. The molecule has 25 heavy (non-hydrogen) atoms. The second kappa shape index (κ2) is 8.54. The Bertz CT molecular complexity index is 508. The van der Waals surface area contributed by atoms with E-state index in [9.17, 15) is 34.8 Å². The van der Waals surface area contributed by atoms with E-state index in [2.05, 4.69) is 5.32 Å². The molecule has 1 heterocycles. The quantitative estimate of drug-likeness (QED) is 0.300. The number of methoxy groups -OCH3 is 1. The molecule has 11 nitrogen and oxygen atoms in total. The van der Waals surface area contributed by atoms with Crippen molar-refractivity contribution in [2.24, 2.45) is 0 Å². The van der Waals surface area contributed by atoms with Gasteiger partial charge in [-0.25, -0.2) is 4.79 Å². The van der Waals surface area contributed by atoms with Crippen molar-refractivity contribution in [2.45, 2.75) is 56.5 Å². The van der Waals surface area contributed by atoms with Crippen molar-refractivity contribution < 1.29 is 49.0 Å². The number of esters is 1. The molecule has 1 aliphatic rings. The molecule has 1 aliphatic heterocycles. The monoisotopic (exact) mass is 365 g/mol. The van der Waals surface area contributed by atoms with E-state index < -0.39 is 67.1 Å². The van der Waals surface area contributed by atoms with Crippen LogP contribution in [0.1, 0.15) is 20.3 Å². The van der Waals surface area contributed by atoms with Crippen LogP contribution in [0, 0.1) is 0 Å². The lowest BCUT2D eigenvalue weighted by atomic mass is 9.88. The number of hydrogen-bond donors (Lipinski definition) is 5. The summed E-state index contributed by atoms with van der Waals surface area (Å²) in [5.74, 6) is -5.88. The summed E-state index contributed by atoms with van der Waals surface area (Å²) in [6.45, 7) is 1.58. The van der Waals surface area contributed by atoms with Gasteiger partial charge in [-0.2, -0.15) is 0 Å². The van der Waals surface area contributed by atoms with Gasteiger partial charge in [-0.1, -0.05) is 0 Å². The SMILES string of the molecule is COC(CO)C(O)[C@@H]1OC(O)(C(=O)O)C[C@H](OC(C)=O)[C@H]1NC(C)=O. The Hall–Kier alpha value is -1.79. The van der Waals surface area contributed by atoms with Gasteiger partial charge in [0, 0.05) is 21.0 Å². The third kappa shape index (κ3) is 5.09. The highest BCUT2D eigenvalue weighted by molar-refractivity contribution is 5.76. The predicted molar refractivity (Wildman–Crippen MR) is 79.1 cm³/mol. The van der Waals surface area contributed by atoms with Crippen molar-refractivity contribution >= 4 is 17.8 Å². The number of hydrogen-bond acceptors (Lipinski definition) is 9. The Balaban J connectivity index is 3.28. The molecule has 0 aromatic heterocycles. The van der Waals surface area contributed by atoms with Gasteiger partial charge < -0.3 is 40.0 Å². The number of ether oxygens (including phenoxy) is 3. The van der Waals surface area contributed by atoms with E-state index in [1.807, 2.05) is 0 Å². The number of aliphatic carboxylic acids is 1. The average molecular weight is 365 g/mol. The number of rotatable bonds is 7. The summed E-state index contributed by atoms with van der Waals surface area (Å²) in [4.78, 5) is 34.1. The zero-order chi connectivity index (χ0) is 19.4. The van der Waals surface area contributed by atoms with Crippen molar-refractivity contribution in [3.8, 4) is 0 Å². The van der Waals surface area contributed by atoms with Crippen LogP contribution in [0.4, 0.5) is 0 Å². The van der Waals surface area contributed by atoms with Crippen LogP contribution in [0.5, 0.6) is 0 Å². The van der Waals surface area contributed by atoms with Crippen LogP contribution < -0.4 is 5.32 Å². The second-order valence-corrected chi connectivity index (χ2v) is 5.70. The molecular weight excluding hydrogens is 342 g/mol. The van der Waals surface area contributed by atoms with Crippen LogP contribution in [0.2, 0.25) is 0 Å². The van der Waals surface area contributed by atoms with Crippen LogP contribution in [0.25, 0.3) is 0 Å². The van der Waals surface area contributed by atoms with Crippen LogP contribution in [0.3, 0.4) is 0 Å². The smallest absolute Gasteiger partial charge is 0.364 e. The topological polar surface area (TPSA) is 172 Å². The minimum Gasteiger partial charge on any atom is -0.477 e. The molecule has 6 atom stereocenters. The van der Waals surface area contributed by atoms with E-state index in [1.165, 1.54) is 7.11 Å². The van der Waals surface area contributed by atoms with Crippen LogP contribution in [-0.2, 0) is 28.6 Å². The first-order valence-electron chi connectivity index (χ1n) is 7.45. The summed E-state index contributed by atoms with van der Waals surface area (Å²) in [5, 5.41) is 41.4. The van der Waals surface area contributed by atoms with Crippen molar-refractivity contribution in [1.82, 2.24) is 5.32 Å². The summed E-state index contributed by atoms with van der Waals surface area (Å²) in [7, 11) is 1.19. The highest BCUT2D eigenvalue weighted by Crippen LogP contribution is 2.32. The summed E-state index contributed by atoms with van der Waals surface area (Å²) < 4.78 is 15.0. The first-order valence-corrected chi connectivity index (χ1v) is 7.45. The summed E-state index contributed by atoms with van der Waals surface area (Å²) >= 11 is 0. The highest BCUT2D eigenvalue weighted by atomic mass is 16.7. The molecule has 0 bridgehead atoms. The second-order valence-electron chi connectivity index (χ2n) is 5.70. The molecule has 1 amide bonds.